The SMILES string of the molecule is N#Cc1cnc(C(=O)N/C=C/C=C\C=C\C2=CCCCC2)[nH]1. The van der Waals surface area contributed by atoms with Gasteiger partial charge in [0.05, 0.1) is 6.20 Å². The third-order valence-electron chi connectivity index (χ3n) is 3.19. The van der Waals surface area contributed by atoms with E-state index in [1.54, 1.807) is 6.08 Å². The maximum absolute atomic E-state index is 11.7. The maximum atomic E-state index is 11.7. The van der Waals surface area contributed by atoms with E-state index in [1.165, 1.54) is 37.2 Å². The van der Waals surface area contributed by atoms with Crippen LogP contribution >= 0.6 is 0 Å². The quantitative estimate of drug-likeness (QED) is 0.818. The second kappa shape index (κ2) is 8.42. The van der Waals surface area contributed by atoms with Crippen molar-refractivity contribution in [2.45, 2.75) is 25.7 Å². The third-order valence-corrected chi connectivity index (χ3v) is 3.19. The number of H-pyrrole nitrogens is 1. The van der Waals surface area contributed by atoms with Gasteiger partial charge < -0.3 is 10.3 Å². The summed E-state index contributed by atoms with van der Waals surface area (Å²) in [6.07, 6.45) is 19.6. The van der Waals surface area contributed by atoms with E-state index in [4.69, 9.17) is 5.26 Å². The molecule has 1 aliphatic carbocycles. The molecule has 0 unspecified atom stereocenters. The Morgan fingerprint density at radius 2 is 2.18 bits per heavy atom. The van der Waals surface area contributed by atoms with Gasteiger partial charge in [-0.2, -0.15) is 5.26 Å². The van der Waals surface area contributed by atoms with Crippen LogP contribution in [0.15, 0.2) is 54.4 Å². The average molecular weight is 294 g/mol. The molecule has 0 spiro atoms. The van der Waals surface area contributed by atoms with Crippen molar-refractivity contribution in [1.82, 2.24) is 15.3 Å². The first-order valence-corrected chi connectivity index (χ1v) is 7.24. The summed E-state index contributed by atoms with van der Waals surface area (Å²) in [6, 6.07) is 1.88. The number of rotatable bonds is 5. The number of hydrogen-bond donors (Lipinski definition) is 2. The van der Waals surface area contributed by atoms with Crippen LogP contribution in [0.2, 0.25) is 0 Å². The largest absolute Gasteiger partial charge is 0.326 e. The summed E-state index contributed by atoms with van der Waals surface area (Å²) in [5, 5.41) is 11.2. The summed E-state index contributed by atoms with van der Waals surface area (Å²) in [5.74, 6) is -0.261. The molecule has 112 valence electrons. The van der Waals surface area contributed by atoms with Crippen molar-refractivity contribution in [3.63, 3.8) is 0 Å². The van der Waals surface area contributed by atoms with E-state index >= 15 is 0 Å². The number of imidazole rings is 1. The van der Waals surface area contributed by atoms with Gasteiger partial charge in [-0.25, -0.2) is 4.98 Å². The summed E-state index contributed by atoms with van der Waals surface area (Å²) in [5.41, 5.74) is 1.65. The van der Waals surface area contributed by atoms with Gasteiger partial charge in [0.25, 0.3) is 5.91 Å². The summed E-state index contributed by atoms with van der Waals surface area (Å²) in [7, 11) is 0. The molecule has 1 heterocycles. The summed E-state index contributed by atoms with van der Waals surface area (Å²) in [6.45, 7) is 0. The van der Waals surface area contributed by atoms with E-state index in [0.717, 1.165) is 6.42 Å². The van der Waals surface area contributed by atoms with Crippen molar-refractivity contribution in [3.8, 4) is 6.07 Å². The number of carbonyl (C=O) groups is 1. The van der Waals surface area contributed by atoms with E-state index in [1.807, 2.05) is 24.3 Å². The second-order valence-electron chi connectivity index (χ2n) is 4.86. The fourth-order valence-electron chi connectivity index (χ4n) is 2.06. The maximum Gasteiger partial charge on any atom is 0.291 e. The Hall–Kier alpha value is -2.87. The van der Waals surface area contributed by atoms with Crippen LogP contribution in [-0.4, -0.2) is 15.9 Å². The van der Waals surface area contributed by atoms with E-state index in [9.17, 15) is 4.79 Å². The molecule has 5 heteroatoms. The Morgan fingerprint density at radius 1 is 1.32 bits per heavy atom. The number of aromatic amines is 1. The molecule has 0 aliphatic heterocycles. The normalized spacial score (nSPS) is 15.3. The molecular formula is C17H18N4O. The highest BCUT2D eigenvalue weighted by molar-refractivity contribution is 5.91. The number of nitrogens with zero attached hydrogens (tertiary/aromatic N) is 2. The van der Waals surface area contributed by atoms with Crippen molar-refractivity contribution in [2.24, 2.45) is 0 Å². The zero-order valence-corrected chi connectivity index (χ0v) is 12.2. The first-order chi connectivity index (χ1) is 10.8. The highest BCUT2D eigenvalue weighted by atomic mass is 16.2. The van der Waals surface area contributed by atoms with Gasteiger partial charge in [0.2, 0.25) is 0 Å². The summed E-state index contributed by atoms with van der Waals surface area (Å²) in [4.78, 5) is 18.1. The molecule has 1 amide bonds. The molecule has 0 bridgehead atoms. The van der Waals surface area contributed by atoms with Crippen molar-refractivity contribution in [3.05, 3.63) is 65.9 Å². The lowest BCUT2D eigenvalue weighted by atomic mass is 9.99. The van der Waals surface area contributed by atoms with Gasteiger partial charge in [0.1, 0.15) is 11.8 Å². The summed E-state index contributed by atoms with van der Waals surface area (Å²) >= 11 is 0. The Labute approximate surface area is 129 Å². The van der Waals surface area contributed by atoms with Crippen molar-refractivity contribution in [1.29, 1.82) is 5.26 Å². The van der Waals surface area contributed by atoms with Crippen LogP contribution in [-0.2, 0) is 0 Å². The van der Waals surface area contributed by atoms with Crippen molar-refractivity contribution >= 4 is 5.91 Å². The topological polar surface area (TPSA) is 81.6 Å². The smallest absolute Gasteiger partial charge is 0.291 e. The van der Waals surface area contributed by atoms with E-state index in [0.29, 0.717) is 0 Å². The minimum Gasteiger partial charge on any atom is -0.326 e. The number of nitriles is 1. The van der Waals surface area contributed by atoms with Crippen molar-refractivity contribution < 1.29 is 4.79 Å². The van der Waals surface area contributed by atoms with Gasteiger partial charge in [0.15, 0.2) is 5.82 Å². The minimum absolute atomic E-state index is 0.120. The third kappa shape index (κ3) is 4.91. The lowest BCUT2D eigenvalue weighted by Crippen LogP contribution is -2.18. The van der Waals surface area contributed by atoms with Gasteiger partial charge >= 0.3 is 0 Å². The van der Waals surface area contributed by atoms with Gasteiger partial charge in [-0.3, -0.25) is 4.79 Å². The molecule has 22 heavy (non-hydrogen) atoms. The number of hydrogen-bond acceptors (Lipinski definition) is 3. The predicted molar refractivity (Wildman–Crippen MR) is 84.7 cm³/mol. The van der Waals surface area contributed by atoms with Crippen LogP contribution in [0.4, 0.5) is 0 Å². The number of allylic oxidation sites excluding steroid dienone is 7. The molecule has 0 radical (unpaired) electrons. The van der Waals surface area contributed by atoms with Crippen LogP contribution in [0, 0.1) is 11.3 Å². The molecule has 1 aromatic heterocycles. The Balaban J connectivity index is 1.74. The molecule has 2 rings (SSSR count). The van der Waals surface area contributed by atoms with Crippen LogP contribution in [0.25, 0.3) is 0 Å². The molecule has 0 atom stereocenters. The van der Waals surface area contributed by atoms with Crippen molar-refractivity contribution in [2.75, 3.05) is 0 Å². The average Bonchev–Trinajstić information content (AvgIpc) is 3.04. The van der Waals surface area contributed by atoms with Crippen LogP contribution in [0.5, 0.6) is 0 Å². The first kappa shape index (κ1) is 15.5. The molecule has 1 aliphatic rings. The van der Waals surface area contributed by atoms with E-state index in [2.05, 4.69) is 27.4 Å². The van der Waals surface area contributed by atoms with Gasteiger partial charge in [-0.1, -0.05) is 36.0 Å². The predicted octanol–water partition coefficient (Wildman–Crippen LogP) is 3.14. The molecule has 0 saturated heterocycles. The second-order valence-corrected chi connectivity index (χ2v) is 4.86. The highest BCUT2D eigenvalue weighted by Gasteiger charge is 2.07. The van der Waals surface area contributed by atoms with Gasteiger partial charge in [-0.15, -0.1) is 0 Å². The monoisotopic (exact) mass is 294 g/mol. The van der Waals surface area contributed by atoms with Gasteiger partial charge in [0, 0.05) is 6.20 Å². The molecular weight excluding hydrogens is 276 g/mol. The highest BCUT2D eigenvalue weighted by Crippen LogP contribution is 2.17. The lowest BCUT2D eigenvalue weighted by molar-refractivity contribution is 0.0961. The molecule has 1 aromatic rings. The number of amides is 1. The number of carbonyl (C=O) groups excluding carboxylic acids is 1. The minimum atomic E-state index is -0.381. The van der Waals surface area contributed by atoms with Gasteiger partial charge in [-0.05, 0) is 31.8 Å². The van der Waals surface area contributed by atoms with Crippen LogP contribution in [0.3, 0.4) is 0 Å². The zero-order valence-electron chi connectivity index (χ0n) is 12.2. The Kier molecular flexibility index (Phi) is 5.94. The molecule has 0 fully saturated rings. The van der Waals surface area contributed by atoms with E-state index in [-0.39, 0.29) is 17.4 Å². The fourth-order valence-corrected chi connectivity index (χ4v) is 2.06. The zero-order chi connectivity index (χ0) is 15.6. The fraction of sp³-hybridized carbons (Fsp3) is 0.235. The van der Waals surface area contributed by atoms with E-state index < -0.39 is 0 Å². The molecule has 5 nitrogen and oxygen atoms in total. The first-order valence-electron chi connectivity index (χ1n) is 7.24. The molecule has 2 N–H and O–H groups in total. The Morgan fingerprint density at radius 3 is 2.91 bits per heavy atom. The van der Waals surface area contributed by atoms with Crippen LogP contribution < -0.4 is 5.32 Å². The number of nitrogens with one attached hydrogen (secondary N) is 2. The standard InChI is InChI=1S/C17H18N4O/c18-12-15-13-20-16(21-15)17(22)19-11-7-2-1-4-8-14-9-5-3-6-10-14/h1-2,4,7-9,11,13H,3,5-6,10H2,(H,19,22)(H,20,21)/b2-1-,8-4+,11-7+. The molecule has 0 saturated carbocycles. The summed E-state index contributed by atoms with van der Waals surface area (Å²) < 4.78 is 0. The lowest BCUT2D eigenvalue weighted by Gasteiger charge is -2.07. The number of aromatic nitrogens is 2. The van der Waals surface area contributed by atoms with Crippen LogP contribution in [0.1, 0.15) is 42.0 Å². The Bertz CT molecular complexity index is 671. The molecule has 0 aromatic carbocycles.